The van der Waals surface area contributed by atoms with Gasteiger partial charge >= 0.3 is 5.97 Å². The fourth-order valence-corrected chi connectivity index (χ4v) is 6.80. The van der Waals surface area contributed by atoms with Crippen LogP contribution in [0, 0.1) is 0 Å². The highest BCUT2D eigenvalue weighted by atomic mass is 32.2. The Hall–Kier alpha value is -3.99. The highest BCUT2D eigenvalue weighted by molar-refractivity contribution is 7.86. The fraction of sp³-hybridized carbons (Fsp3) is 0.421. The van der Waals surface area contributed by atoms with Gasteiger partial charge in [-0.1, -0.05) is 31.6 Å². The fourth-order valence-electron chi connectivity index (χ4n) is 6.05. The smallest absolute Gasteiger partial charge is 0.333 e. The maximum Gasteiger partial charge on any atom is 0.333 e. The second-order valence-corrected chi connectivity index (χ2v) is 13.4. The molecule has 10 heteroatoms. The summed E-state index contributed by atoms with van der Waals surface area (Å²) in [5.41, 5.74) is 4.69. The van der Waals surface area contributed by atoms with Crippen LogP contribution in [0.25, 0.3) is 33.4 Å². The molecular weight excluding hydrogens is 627 g/mol. The number of anilines is 1. The number of unbranched alkanes of at least 4 members (excludes halogenated alkanes) is 3. The number of carbonyl (C=O) groups is 1. The third kappa shape index (κ3) is 8.92. The van der Waals surface area contributed by atoms with E-state index in [0.717, 1.165) is 86.0 Å². The zero-order valence-corrected chi connectivity index (χ0v) is 29.8. The summed E-state index contributed by atoms with van der Waals surface area (Å²) in [7, 11) is -4.58. The summed E-state index contributed by atoms with van der Waals surface area (Å²) < 4.78 is 50.3. The minimum absolute atomic E-state index is 0.138. The van der Waals surface area contributed by atoms with Gasteiger partial charge < -0.3 is 19.4 Å². The zero-order valence-electron chi connectivity index (χ0n) is 29.0. The predicted molar refractivity (Wildman–Crippen MR) is 194 cm³/mol. The van der Waals surface area contributed by atoms with Crippen LogP contribution in [0.2, 0.25) is 0 Å². The van der Waals surface area contributed by atoms with Crippen LogP contribution in [0.3, 0.4) is 0 Å². The van der Waals surface area contributed by atoms with Gasteiger partial charge in [-0.15, -0.1) is 0 Å². The molecule has 0 bridgehead atoms. The van der Waals surface area contributed by atoms with Gasteiger partial charge in [-0.25, -0.2) is 9.37 Å². The second kappa shape index (κ2) is 16.9. The molecule has 48 heavy (non-hydrogen) atoms. The molecule has 1 heterocycles. The molecule has 1 aliphatic heterocycles. The average Bonchev–Trinajstić information content (AvgIpc) is 3.07. The molecule has 2 N–H and O–H groups in total. The van der Waals surface area contributed by atoms with Gasteiger partial charge in [0.15, 0.2) is 0 Å². The lowest BCUT2D eigenvalue weighted by Crippen LogP contribution is -2.29. The molecule has 0 aromatic heterocycles. The molecule has 0 radical (unpaired) electrons. The van der Waals surface area contributed by atoms with E-state index in [1.807, 2.05) is 42.5 Å². The number of nitrogens with zero attached hydrogens (tertiary/aromatic N) is 2. The van der Waals surface area contributed by atoms with Crippen molar-refractivity contribution in [2.24, 2.45) is 0 Å². The summed E-state index contributed by atoms with van der Waals surface area (Å²) in [6.07, 6.45) is 3.62. The normalized spacial score (nSPS) is 11.6. The Morgan fingerprint density at radius 2 is 1.65 bits per heavy atom. The van der Waals surface area contributed by atoms with Crippen LogP contribution >= 0.6 is 0 Å². The van der Waals surface area contributed by atoms with Crippen molar-refractivity contribution in [3.05, 3.63) is 77.7 Å². The van der Waals surface area contributed by atoms with E-state index in [1.165, 1.54) is 0 Å². The number of fused-ring (bicyclic) bond motifs is 2. The first-order valence-electron chi connectivity index (χ1n) is 17.0. The van der Waals surface area contributed by atoms with Gasteiger partial charge in [0, 0.05) is 65.1 Å². The molecule has 0 unspecified atom stereocenters. The number of rotatable bonds is 17. The van der Waals surface area contributed by atoms with Crippen LogP contribution < -0.4 is 20.1 Å². The van der Waals surface area contributed by atoms with E-state index in [0.29, 0.717) is 41.2 Å². The maximum atomic E-state index is 12.9. The van der Waals surface area contributed by atoms with Gasteiger partial charge in [0.1, 0.15) is 29.3 Å². The largest absolute Gasteiger partial charge is 0.462 e. The molecule has 2 aliphatic rings. The topological polar surface area (TPSA) is 112 Å². The number of ether oxygens (including phenoxy) is 1. The van der Waals surface area contributed by atoms with Crippen molar-refractivity contribution in [3.63, 3.8) is 0 Å². The van der Waals surface area contributed by atoms with E-state index < -0.39 is 10.1 Å². The van der Waals surface area contributed by atoms with Gasteiger partial charge in [0.05, 0.1) is 12.7 Å². The lowest BCUT2D eigenvalue weighted by molar-refractivity contribution is -0.139. The Morgan fingerprint density at radius 3 is 2.31 bits per heavy atom. The molecule has 4 rings (SSSR count). The van der Waals surface area contributed by atoms with Crippen LogP contribution in [0.4, 0.5) is 5.69 Å². The number of nitrogens with one attached hydrogen (secondary N) is 1. The summed E-state index contributed by atoms with van der Waals surface area (Å²) in [5.74, 6) is 0.282. The first-order valence-corrected chi connectivity index (χ1v) is 18.4. The van der Waals surface area contributed by atoms with Gasteiger partial charge in [-0.05, 0) is 83.8 Å². The first kappa shape index (κ1) is 36.8. The monoisotopic (exact) mass is 676 g/mol. The van der Waals surface area contributed by atoms with Crippen LogP contribution in [0.5, 0.6) is 0 Å². The number of carbonyl (C=O) groups excluding carboxylic acids is 1. The maximum absolute atomic E-state index is 12.9. The molecule has 0 amide bonds. The number of esters is 1. The van der Waals surface area contributed by atoms with Crippen molar-refractivity contribution in [3.8, 4) is 22.5 Å². The quantitative estimate of drug-likeness (QED) is 0.0311. The second-order valence-electron chi connectivity index (χ2n) is 12.0. The third-order valence-electron chi connectivity index (χ3n) is 8.70. The molecule has 0 spiro atoms. The van der Waals surface area contributed by atoms with E-state index in [9.17, 15) is 17.8 Å². The SMILES string of the molecule is C=C(C)C(=O)OCCCCCCNCc1ccc(-c2c3ccc(=[N+](CC)CC)cc-3oc3cc(N(CC)CC)ccc23)c(S(=O)(=O)O)c1. The molecule has 9 nitrogen and oxygen atoms in total. The van der Waals surface area contributed by atoms with E-state index in [-0.39, 0.29) is 10.9 Å². The van der Waals surface area contributed by atoms with Gasteiger partial charge in [0.2, 0.25) is 5.36 Å². The van der Waals surface area contributed by atoms with E-state index >= 15 is 0 Å². The molecule has 258 valence electrons. The molecule has 2 aromatic carbocycles. The van der Waals surface area contributed by atoms with Gasteiger partial charge in [-0.2, -0.15) is 8.42 Å². The molecule has 0 saturated heterocycles. The zero-order chi connectivity index (χ0) is 34.8. The van der Waals surface area contributed by atoms with Crippen LogP contribution in [0.15, 0.2) is 76.1 Å². The predicted octanol–water partition coefficient (Wildman–Crippen LogP) is 6.88. The molecule has 0 atom stereocenters. The number of hydrogen-bond acceptors (Lipinski definition) is 7. The summed E-state index contributed by atoms with van der Waals surface area (Å²) in [6, 6.07) is 17.3. The first-order chi connectivity index (χ1) is 23.0. The average molecular weight is 677 g/mol. The van der Waals surface area contributed by atoms with Crippen molar-refractivity contribution in [1.82, 2.24) is 9.89 Å². The van der Waals surface area contributed by atoms with Crippen LogP contribution in [0.1, 0.15) is 65.9 Å². The van der Waals surface area contributed by atoms with Crippen LogP contribution in [-0.2, 0) is 26.2 Å². The van der Waals surface area contributed by atoms with E-state index in [2.05, 4.69) is 49.1 Å². The van der Waals surface area contributed by atoms with Crippen molar-refractivity contribution in [2.75, 3.05) is 44.2 Å². The highest BCUT2D eigenvalue weighted by Crippen LogP contribution is 2.43. The summed E-state index contributed by atoms with van der Waals surface area (Å²) in [5, 5.41) is 5.16. The van der Waals surface area contributed by atoms with Crippen molar-refractivity contribution >= 4 is 32.7 Å². The Kier molecular flexibility index (Phi) is 13.0. The summed E-state index contributed by atoms with van der Waals surface area (Å²) in [4.78, 5) is 13.6. The van der Waals surface area contributed by atoms with Gasteiger partial charge in [0.25, 0.3) is 10.1 Å². The minimum atomic E-state index is -4.58. The van der Waals surface area contributed by atoms with Crippen molar-refractivity contribution < 1.29 is 26.9 Å². The summed E-state index contributed by atoms with van der Waals surface area (Å²) >= 11 is 0. The summed E-state index contributed by atoms with van der Waals surface area (Å²) in [6.45, 7) is 18.6. The Morgan fingerprint density at radius 1 is 0.938 bits per heavy atom. The lowest BCUT2D eigenvalue weighted by atomic mass is 9.92. The van der Waals surface area contributed by atoms with E-state index in [4.69, 9.17) is 9.15 Å². The highest BCUT2D eigenvalue weighted by Gasteiger charge is 2.25. The molecule has 2 aromatic rings. The minimum Gasteiger partial charge on any atom is -0.462 e. The number of hydrogen-bond donors (Lipinski definition) is 2. The van der Waals surface area contributed by atoms with Gasteiger partial charge in [-0.3, -0.25) is 4.55 Å². The standard InChI is InChI=1S/C38H49N3O6S/c1-7-40(8-2)29-16-19-31-34(24-29)47-35-25-30(41(9-3)10-4)17-20-32(35)37(31)33-18-15-28(23-36(33)48(43,44)45)26-39-21-13-11-12-14-22-46-38(42)27(5)6/h15-20,23-25,39H,5,7-14,21-22,26H2,1-4,6H3/p+1. The Labute approximate surface area is 285 Å². The van der Waals surface area contributed by atoms with Crippen molar-refractivity contribution in [1.29, 1.82) is 0 Å². The molecule has 0 saturated carbocycles. The molecular formula is C38H50N3O6S+. The van der Waals surface area contributed by atoms with Crippen molar-refractivity contribution in [2.45, 2.75) is 71.7 Å². The van der Waals surface area contributed by atoms with E-state index in [1.54, 1.807) is 19.1 Å². The lowest BCUT2D eigenvalue weighted by Gasteiger charge is -2.22. The molecule has 1 aliphatic carbocycles. The molecule has 0 fully saturated rings. The Bertz CT molecular complexity index is 1890. The Balaban J connectivity index is 1.66. The van der Waals surface area contributed by atoms with Crippen LogP contribution in [-0.4, -0.2) is 58.3 Å². The number of benzene rings is 3. The third-order valence-corrected chi connectivity index (χ3v) is 9.59.